The van der Waals surface area contributed by atoms with Crippen molar-refractivity contribution < 1.29 is 4.79 Å². The van der Waals surface area contributed by atoms with Gasteiger partial charge in [0.05, 0.1) is 11.9 Å². The number of para-hydroxylation sites is 1. The van der Waals surface area contributed by atoms with E-state index in [1.54, 1.807) is 11.6 Å². The van der Waals surface area contributed by atoms with Gasteiger partial charge in [-0.2, -0.15) is 9.61 Å². The summed E-state index contributed by atoms with van der Waals surface area (Å²) in [7, 11) is 1.79. The fourth-order valence-electron chi connectivity index (χ4n) is 2.74. The van der Waals surface area contributed by atoms with E-state index in [9.17, 15) is 4.79 Å². The van der Waals surface area contributed by atoms with E-state index in [4.69, 9.17) is 5.73 Å². The molecule has 114 valence electrons. The predicted molar refractivity (Wildman–Crippen MR) is 88.3 cm³/mol. The number of anilines is 1. The first-order chi connectivity index (χ1) is 11.2. The van der Waals surface area contributed by atoms with E-state index in [2.05, 4.69) is 20.4 Å². The van der Waals surface area contributed by atoms with Crippen LogP contribution in [0.5, 0.6) is 0 Å². The predicted octanol–water partition coefficient (Wildman–Crippen LogP) is 2.02. The molecule has 1 aromatic carbocycles. The van der Waals surface area contributed by atoms with Crippen molar-refractivity contribution in [2.45, 2.75) is 0 Å². The van der Waals surface area contributed by atoms with Crippen molar-refractivity contribution in [1.82, 2.24) is 19.6 Å². The molecule has 7 nitrogen and oxygen atoms in total. The van der Waals surface area contributed by atoms with Crippen LogP contribution in [-0.4, -0.2) is 32.5 Å². The number of primary amides is 1. The van der Waals surface area contributed by atoms with Crippen LogP contribution in [0, 0.1) is 0 Å². The summed E-state index contributed by atoms with van der Waals surface area (Å²) < 4.78 is 1.57. The fraction of sp³-hybridized carbons (Fsp3) is 0.0625. The maximum atomic E-state index is 11.6. The van der Waals surface area contributed by atoms with Crippen molar-refractivity contribution in [2.75, 3.05) is 12.4 Å². The molecule has 3 aromatic heterocycles. The molecule has 1 amide bonds. The first kappa shape index (κ1) is 13.3. The highest BCUT2D eigenvalue weighted by molar-refractivity contribution is 6.00. The number of carbonyl (C=O) groups is 1. The van der Waals surface area contributed by atoms with Crippen molar-refractivity contribution in [3.05, 3.63) is 48.3 Å². The topological polar surface area (TPSA) is 101 Å². The number of nitrogens with one attached hydrogen (secondary N) is 2. The molecule has 0 saturated heterocycles. The second-order valence-corrected chi connectivity index (χ2v) is 5.18. The van der Waals surface area contributed by atoms with Gasteiger partial charge in [-0.3, -0.25) is 4.79 Å². The number of rotatable bonds is 3. The highest BCUT2D eigenvalue weighted by Gasteiger charge is 2.16. The van der Waals surface area contributed by atoms with Crippen LogP contribution < -0.4 is 11.1 Å². The molecule has 0 bridgehead atoms. The third kappa shape index (κ3) is 1.94. The number of fused-ring (bicyclic) bond motifs is 2. The average Bonchev–Trinajstić information content (AvgIpc) is 3.17. The maximum Gasteiger partial charge on any atom is 0.254 e. The molecule has 0 aliphatic rings. The summed E-state index contributed by atoms with van der Waals surface area (Å²) in [4.78, 5) is 19.4. The van der Waals surface area contributed by atoms with Crippen molar-refractivity contribution in [2.24, 2.45) is 5.73 Å². The van der Waals surface area contributed by atoms with Crippen LogP contribution in [0.25, 0.3) is 27.8 Å². The highest BCUT2D eigenvalue weighted by atomic mass is 16.1. The Balaban J connectivity index is 2.03. The Kier molecular flexibility index (Phi) is 2.80. The number of aromatic nitrogens is 4. The highest BCUT2D eigenvalue weighted by Crippen LogP contribution is 2.29. The van der Waals surface area contributed by atoms with Gasteiger partial charge in [0.25, 0.3) is 5.91 Å². The second kappa shape index (κ2) is 4.84. The summed E-state index contributed by atoms with van der Waals surface area (Å²) in [5.74, 6) is 0.174. The number of H-pyrrole nitrogens is 1. The van der Waals surface area contributed by atoms with E-state index in [-0.39, 0.29) is 0 Å². The quantitative estimate of drug-likeness (QED) is 0.539. The SMILES string of the molecule is CNc1cc(-c2c[nH]c3ccccc23)nc2c(C(N)=O)cnn12. The third-order valence-corrected chi connectivity index (χ3v) is 3.86. The smallest absolute Gasteiger partial charge is 0.254 e. The number of amides is 1. The summed E-state index contributed by atoms with van der Waals surface area (Å²) in [6.45, 7) is 0. The molecule has 4 aromatic rings. The summed E-state index contributed by atoms with van der Waals surface area (Å²) in [6.07, 6.45) is 3.34. The molecular formula is C16H14N6O. The molecule has 4 rings (SSSR count). The fourth-order valence-corrected chi connectivity index (χ4v) is 2.74. The van der Waals surface area contributed by atoms with Crippen LogP contribution in [0.1, 0.15) is 10.4 Å². The van der Waals surface area contributed by atoms with Gasteiger partial charge in [0.1, 0.15) is 11.4 Å². The number of hydrogen-bond acceptors (Lipinski definition) is 4. The molecular weight excluding hydrogens is 292 g/mol. The van der Waals surface area contributed by atoms with E-state index in [0.717, 1.165) is 28.0 Å². The Morgan fingerprint density at radius 1 is 1.35 bits per heavy atom. The molecule has 7 heteroatoms. The van der Waals surface area contributed by atoms with Crippen LogP contribution >= 0.6 is 0 Å². The number of benzene rings is 1. The van der Waals surface area contributed by atoms with Gasteiger partial charge in [0.2, 0.25) is 0 Å². The van der Waals surface area contributed by atoms with Gasteiger partial charge in [-0.15, -0.1) is 0 Å². The van der Waals surface area contributed by atoms with Crippen LogP contribution in [0.2, 0.25) is 0 Å². The molecule has 23 heavy (non-hydrogen) atoms. The Morgan fingerprint density at radius 3 is 2.96 bits per heavy atom. The second-order valence-electron chi connectivity index (χ2n) is 5.18. The van der Waals surface area contributed by atoms with Crippen molar-refractivity contribution >= 4 is 28.3 Å². The van der Waals surface area contributed by atoms with Crippen molar-refractivity contribution in [3.63, 3.8) is 0 Å². The average molecular weight is 306 g/mol. The van der Waals surface area contributed by atoms with E-state index in [1.165, 1.54) is 6.20 Å². The van der Waals surface area contributed by atoms with E-state index < -0.39 is 5.91 Å². The van der Waals surface area contributed by atoms with Gasteiger partial charge in [-0.05, 0) is 6.07 Å². The molecule has 0 atom stereocenters. The van der Waals surface area contributed by atoms with Crippen LogP contribution in [0.3, 0.4) is 0 Å². The van der Waals surface area contributed by atoms with Gasteiger partial charge in [0, 0.05) is 35.8 Å². The van der Waals surface area contributed by atoms with Crippen LogP contribution in [0.4, 0.5) is 5.82 Å². The molecule has 0 aliphatic heterocycles. The molecule has 0 unspecified atom stereocenters. The lowest BCUT2D eigenvalue weighted by Crippen LogP contribution is -2.11. The molecule has 3 heterocycles. The summed E-state index contributed by atoms with van der Waals surface area (Å²) in [5.41, 5.74) is 8.87. The zero-order valence-corrected chi connectivity index (χ0v) is 12.4. The zero-order chi connectivity index (χ0) is 16.0. The standard InChI is InChI=1S/C16H14N6O/c1-18-14-6-13(10-7-19-12-5-3-2-4-9(10)12)21-16-11(15(17)23)8-20-22(14)16/h2-8,18-19H,1H3,(H2,17,23). The number of nitrogens with zero attached hydrogens (tertiary/aromatic N) is 3. The molecule has 0 aliphatic carbocycles. The van der Waals surface area contributed by atoms with E-state index in [0.29, 0.717) is 11.2 Å². The van der Waals surface area contributed by atoms with Gasteiger partial charge < -0.3 is 16.0 Å². The van der Waals surface area contributed by atoms with Crippen LogP contribution in [-0.2, 0) is 0 Å². The number of aromatic amines is 1. The summed E-state index contributed by atoms with van der Waals surface area (Å²) in [6, 6.07) is 9.87. The number of nitrogens with two attached hydrogens (primary N) is 1. The number of carbonyl (C=O) groups excluding carboxylic acids is 1. The van der Waals surface area contributed by atoms with Gasteiger partial charge >= 0.3 is 0 Å². The summed E-state index contributed by atoms with van der Waals surface area (Å²) >= 11 is 0. The minimum absolute atomic E-state index is 0.295. The molecule has 0 radical (unpaired) electrons. The lowest BCUT2D eigenvalue weighted by atomic mass is 10.1. The lowest BCUT2D eigenvalue weighted by Gasteiger charge is -2.07. The lowest BCUT2D eigenvalue weighted by molar-refractivity contribution is 0.100. The Hall–Kier alpha value is -3.35. The first-order valence-corrected chi connectivity index (χ1v) is 7.12. The third-order valence-electron chi connectivity index (χ3n) is 3.86. The molecule has 4 N–H and O–H groups in total. The van der Waals surface area contributed by atoms with Crippen LogP contribution in [0.15, 0.2) is 42.7 Å². The maximum absolute atomic E-state index is 11.6. The Morgan fingerprint density at radius 2 is 2.17 bits per heavy atom. The molecule has 0 spiro atoms. The largest absolute Gasteiger partial charge is 0.373 e. The minimum Gasteiger partial charge on any atom is -0.373 e. The summed E-state index contributed by atoms with van der Waals surface area (Å²) in [5, 5.41) is 8.31. The van der Waals surface area contributed by atoms with E-state index >= 15 is 0 Å². The minimum atomic E-state index is -0.550. The van der Waals surface area contributed by atoms with Gasteiger partial charge in [-0.1, -0.05) is 18.2 Å². The Labute approximate surface area is 131 Å². The van der Waals surface area contributed by atoms with Gasteiger partial charge in [-0.25, -0.2) is 4.98 Å². The van der Waals surface area contributed by atoms with E-state index in [1.807, 2.05) is 36.5 Å². The zero-order valence-electron chi connectivity index (χ0n) is 12.4. The van der Waals surface area contributed by atoms with Crippen molar-refractivity contribution in [1.29, 1.82) is 0 Å². The van der Waals surface area contributed by atoms with Gasteiger partial charge in [0.15, 0.2) is 5.65 Å². The monoisotopic (exact) mass is 306 g/mol. The first-order valence-electron chi connectivity index (χ1n) is 7.12. The Bertz CT molecular complexity index is 1050. The number of hydrogen-bond donors (Lipinski definition) is 3. The van der Waals surface area contributed by atoms with Crippen molar-refractivity contribution in [3.8, 4) is 11.3 Å². The normalized spacial score (nSPS) is 11.2. The molecule has 0 fully saturated rings. The molecule has 0 saturated carbocycles.